The van der Waals surface area contributed by atoms with Crippen molar-refractivity contribution in [3.8, 4) is 5.75 Å². The first-order chi connectivity index (χ1) is 8.81. The maximum absolute atomic E-state index is 9.37. The van der Waals surface area contributed by atoms with Crippen molar-refractivity contribution in [2.45, 2.75) is 12.8 Å². The third-order valence-electron chi connectivity index (χ3n) is 3.73. The molecule has 98 valence electrons. The molecule has 0 amide bonds. The summed E-state index contributed by atoms with van der Waals surface area (Å²) < 4.78 is 10.8. The van der Waals surface area contributed by atoms with E-state index in [9.17, 15) is 5.11 Å². The minimum Gasteiger partial charge on any atom is -0.493 e. The molecule has 0 aromatic heterocycles. The van der Waals surface area contributed by atoms with Gasteiger partial charge in [-0.1, -0.05) is 0 Å². The number of fused-ring (bicyclic) bond motifs is 1. The van der Waals surface area contributed by atoms with Crippen LogP contribution in [0.1, 0.15) is 12.0 Å². The Morgan fingerprint density at radius 2 is 2.22 bits per heavy atom. The number of hydrogen-bond donors (Lipinski definition) is 2. The van der Waals surface area contributed by atoms with Crippen LogP contribution in [0.5, 0.6) is 5.75 Å². The molecule has 18 heavy (non-hydrogen) atoms. The van der Waals surface area contributed by atoms with Gasteiger partial charge in [0, 0.05) is 12.2 Å². The highest BCUT2D eigenvalue weighted by molar-refractivity contribution is 5.52. The lowest BCUT2D eigenvalue weighted by Gasteiger charge is -2.40. The molecule has 0 spiro atoms. The van der Waals surface area contributed by atoms with E-state index in [1.54, 1.807) is 0 Å². The molecule has 1 fully saturated rings. The first-order valence-corrected chi connectivity index (χ1v) is 6.50. The number of ether oxygens (including phenoxy) is 2. The molecule has 3 rings (SSSR count). The van der Waals surface area contributed by atoms with Gasteiger partial charge in [0.05, 0.1) is 31.8 Å². The number of nitrogens with one attached hydrogen (secondary N) is 1. The molecule has 0 unspecified atom stereocenters. The first-order valence-electron chi connectivity index (χ1n) is 6.50. The van der Waals surface area contributed by atoms with E-state index in [1.807, 2.05) is 12.1 Å². The number of benzene rings is 1. The van der Waals surface area contributed by atoms with Crippen molar-refractivity contribution in [1.29, 1.82) is 0 Å². The third-order valence-corrected chi connectivity index (χ3v) is 3.73. The van der Waals surface area contributed by atoms with Crippen LogP contribution < -0.4 is 10.1 Å². The normalized spacial score (nSPS) is 20.5. The molecule has 0 saturated carbocycles. The van der Waals surface area contributed by atoms with Crippen LogP contribution in [-0.2, 0) is 11.2 Å². The van der Waals surface area contributed by atoms with Gasteiger partial charge in [-0.15, -0.1) is 0 Å². The molecule has 2 aliphatic rings. The topological polar surface area (TPSA) is 50.7 Å². The summed E-state index contributed by atoms with van der Waals surface area (Å²) in [6.07, 6.45) is 2.17. The zero-order chi connectivity index (χ0) is 12.4. The smallest absolute Gasteiger partial charge is 0.122 e. The molecular weight excluding hydrogens is 230 g/mol. The van der Waals surface area contributed by atoms with Crippen molar-refractivity contribution in [2.24, 2.45) is 5.41 Å². The van der Waals surface area contributed by atoms with Crippen LogP contribution in [0.4, 0.5) is 5.69 Å². The SMILES string of the molecule is OCC1(CNc2ccc3c(c2)CCCO3)COC1. The van der Waals surface area contributed by atoms with Crippen LogP contribution in [0.15, 0.2) is 18.2 Å². The Hall–Kier alpha value is -1.26. The van der Waals surface area contributed by atoms with Gasteiger partial charge in [0.25, 0.3) is 0 Å². The Balaban J connectivity index is 1.66. The Morgan fingerprint density at radius 1 is 1.33 bits per heavy atom. The van der Waals surface area contributed by atoms with E-state index in [0.29, 0.717) is 13.2 Å². The van der Waals surface area contributed by atoms with E-state index in [4.69, 9.17) is 9.47 Å². The molecule has 1 aromatic rings. The molecule has 0 bridgehead atoms. The average molecular weight is 249 g/mol. The molecule has 0 aliphatic carbocycles. The summed E-state index contributed by atoms with van der Waals surface area (Å²) in [4.78, 5) is 0. The number of aliphatic hydroxyl groups is 1. The average Bonchev–Trinajstić information content (AvgIpc) is 2.38. The molecule has 1 aromatic carbocycles. The molecule has 0 atom stereocenters. The third kappa shape index (κ3) is 2.18. The second-order valence-corrected chi connectivity index (χ2v) is 5.28. The summed E-state index contributed by atoms with van der Waals surface area (Å²) in [5, 5.41) is 12.8. The van der Waals surface area contributed by atoms with E-state index in [2.05, 4.69) is 11.4 Å². The standard InChI is InChI=1S/C14H19NO3/c16-8-14(9-17-10-14)7-15-12-3-4-13-11(6-12)2-1-5-18-13/h3-4,6,15-16H,1-2,5,7-10H2. The fourth-order valence-electron chi connectivity index (χ4n) is 2.40. The Labute approximate surface area is 107 Å². The first kappa shape index (κ1) is 11.8. The van der Waals surface area contributed by atoms with Crippen LogP contribution in [0.25, 0.3) is 0 Å². The molecular formula is C14H19NO3. The van der Waals surface area contributed by atoms with Gasteiger partial charge in [0.2, 0.25) is 0 Å². The predicted molar refractivity (Wildman–Crippen MR) is 69.1 cm³/mol. The van der Waals surface area contributed by atoms with Crippen molar-refractivity contribution < 1.29 is 14.6 Å². The molecule has 4 nitrogen and oxygen atoms in total. The second-order valence-electron chi connectivity index (χ2n) is 5.28. The molecule has 2 N–H and O–H groups in total. The van der Waals surface area contributed by atoms with Crippen LogP contribution in [0.3, 0.4) is 0 Å². The van der Waals surface area contributed by atoms with Gasteiger partial charge in [0.15, 0.2) is 0 Å². The van der Waals surface area contributed by atoms with Crippen molar-refractivity contribution in [3.63, 3.8) is 0 Å². The van der Waals surface area contributed by atoms with Gasteiger partial charge in [-0.2, -0.15) is 0 Å². The zero-order valence-corrected chi connectivity index (χ0v) is 10.4. The van der Waals surface area contributed by atoms with E-state index in [1.165, 1.54) is 5.56 Å². The Morgan fingerprint density at radius 3 is 2.94 bits per heavy atom. The van der Waals surface area contributed by atoms with E-state index < -0.39 is 0 Å². The number of rotatable bonds is 4. The molecule has 2 heterocycles. The highest BCUT2D eigenvalue weighted by atomic mass is 16.5. The minimum absolute atomic E-state index is 0.0909. The molecule has 1 saturated heterocycles. The van der Waals surface area contributed by atoms with Crippen molar-refractivity contribution >= 4 is 5.69 Å². The number of aryl methyl sites for hydroxylation is 1. The van der Waals surface area contributed by atoms with Gasteiger partial charge >= 0.3 is 0 Å². The van der Waals surface area contributed by atoms with Crippen molar-refractivity contribution in [2.75, 3.05) is 38.3 Å². The van der Waals surface area contributed by atoms with Gasteiger partial charge in [-0.05, 0) is 36.6 Å². The summed E-state index contributed by atoms with van der Waals surface area (Å²) in [7, 11) is 0. The minimum atomic E-state index is -0.0909. The summed E-state index contributed by atoms with van der Waals surface area (Å²) in [6, 6.07) is 6.22. The van der Waals surface area contributed by atoms with Gasteiger partial charge < -0.3 is 19.9 Å². The maximum atomic E-state index is 9.37. The maximum Gasteiger partial charge on any atom is 0.122 e. The van der Waals surface area contributed by atoms with Crippen LogP contribution in [0.2, 0.25) is 0 Å². The van der Waals surface area contributed by atoms with E-state index in [0.717, 1.165) is 37.4 Å². The summed E-state index contributed by atoms with van der Waals surface area (Å²) in [6.45, 7) is 3.04. The van der Waals surface area contributed by atoms with Gasteiger partial charge in [-0.25, -0.2) is 0 Å². The van der Waals surface area contributed by atoms with Crippen molar-refractivity contribution in [3.05, 3.63) is 23.8 Å². The fraction of sp³-hybridized carbons (Fsp3) is 0.571. The fourth-order valence-corrected chi connectivity index (χ4v) is 2.40. The summed E-state index contributed by atoms with van der Waals surface area (Å²) in [5.41, 5.74) is 2.28. The monoisotopic (exact) mass is 249 g/mol. The van der Waals surface area contributed by atoms with Gasteiger partial charge in [0.1, 0.15) is 5.75 Å². The zero-order valence-electron chi connectivity index (χ0n) is 10.4. The Kier molecular flexibility index (Phi) is 3.14. The van der Waals surface area contributed by atoms with E-state index in [-0.39, 0.29) is 12.0 Å². The highest BCUT2D eigenvalue weighted by Gasteiger charge is 2.37. The lowest BCUT2D eigenvalue weighted by molar-refractivity contribution is -0.128. The molecule has 4 heteroatoms. The Bertz CT molecular complexity index is 424. The van der Waals surface area contributed by atoms with Gasteiger partial charge in [-0.3, -0.25) is 0 Å². The largest absolute Gasteiger partial charge is 0.493 e. The van der Waals surface area contributed by atoms with Crippen LogP contribution in [0, 0.1) is 5.41 Å². The van der Waals surface area contributed by atoms with Crippen molar-refractivity contribution in [1.82, 2.24) is 0 Å². The number of aliphatic hydroxyl groups excluding tert-OH is 1. The number of anilines is 1. The lowest BCUT2D eigenvalue weighted by atomic mass is 9.87. The number of hydrogen-bond acceptors (Lipinski definition) is 4. The van der Waals surface area contributed by atoms with E-state index >= 15 is 0 Å². The lowest BCUT2D eigenvalue weighted by Crippen LogP contribution is -2.50. The molecule has 0 radical (unpaired) electrons. The molecule has 2 aliphatic heterocycles. The quantitative estimate of drug-likeness (QED) is 0.847. The predicted octanol–water partition coefficient (Wildman–Crippen LogP) is 1.43. The highest BCUT2D eigenvalue weighted by Crippen LogP contribution is 2.30. The van der Waals surface area contributed by atoms with Crippen LogP contribution >= 0.6 is 0 Å². The van der Waals surface area contributed by atoms with Crippen LogP contribution in [-0.4, -0.2) is 38.1 Å². The second kappa shape index (κ2) is 4.78. The summed E-state index contributed by atoms with van der Waals surface area (Å²) in [5.74, 6) is 1.01. The summed E-state index contributed by atoms with van der Waals surface area (Å²) >= 11 is 0.